The van der Waals surface area contributed by atoms with Crippen molar-refractivity contribution in [3.05, 3.63) is 12.2 Å². The molecular weight excluding hydrogens is 186 g/mol. The van der Waals surface area contributed by atoms with Gasteiger partial charge in [0.15, 0.2) is 0 Å². The molecule has 1 N–H and O–H groups in total. The van der Waals surface area contributed by atoms with Crippen molar-refractivity contribution in [3.63, 3.8) is 0 Å². The van der Waals surface area contributed by atoms with Gasteiger partial charge in [-0.3, -0.25) is 4.90 Å². The molecule has 2 rings (SSSR count). The van der Waals surface area contributed by atoms with E-state index >= 15 is 0 Å². The molecule has 1 fully saturated rings. The van der Waals surface area contributed by atoms with Crippen molar-refractivity contribution in [2.75, 3.05) is 13.2 Å². The first-order valence-corrected chi connectivity index (χ1v) is 6.45. The van der Waals surface area contributed by atoms with E-state index in [9.17, 15) is 0 Å². The van der Waals surface area contributed by atoms with Gasteiger partial charge in [0.25, 0.3) is 0 Å². The van der Waals surface area contributed by atoms with Gasteiger partial charge in [0.1, 0.15) is 0 Å². The van der Waals surface area contributed by atoms with Gasteiger partial charge in [-0.2, -0.15) is 0 Å². The van der Waals surface area contributed by atoms with Crippen LogP contribution >= 0.6 is 0 Å². The molecule has 1 aliphatic carbocycles. The first kappa shape index (κ1) is 11.2. The lowest BCUT2D eigenvalue weighted by Crippen LogP contribution is -2.38. The van der Waals surface area contributed by atoms with Crippen molar-refractivity contribution >= 4 is 0 Å². The maximum absolute atomic E-state index is 8.89. The minimum Gasteiger partial charge on any atom is -0.396 e. The van der Waals surface area contributed by atoms with Crippen molar-refractivity contribution in [2.45, 2.75) is 57.0 Å². The second kappa shape index (κ2) is 5.66. The van der Waals surface area contributed by atoms with Gasteiger partial charge < -0.3 is 5.11 Å². The van der Waals surface area contributed by atoms with Gasteiger partial charge in [0.05, 0.1) is 0 Å². The topological polar surface area (TPSA) is 23.5 Å². The van der Waals surface area contributed by atoms with Crippen molar-refractivity contribution in [1.29, 1.82) is 0 Å². The van der Waals surface area contributed by atoms with Crippen LogP contribution in [0, 0.1) is 0 Å². The zero-order chi connectivity index (χ0) is 10.5. The SMILES string of the molecule is OCCC[C@H]1CCCN1[C@H]1C=CCCC1. The third kappa shape index (κ3) is 2.82. The third-order valence-electron chi connectivity index (χ3n) is 3.77. The Hall–Kier alpha value is -0.340. The molecule has 2 nitrogen and oxygen atoms in total. The summed E-state index contributed by atoms with van der Waals surface area (Å²) in [7, 11) is 0. The molecule has 1 aliphatic heterocycles. The van der Waals surface area contributed by atoms with Gasteiger partial charge in [-0.25, -0.2) is 0 Å². The minimum atomic E-state index is 0.352. The molecule has 15 heavy (non-hydrogen) atoms. The first-order chi connectivity index (χ1) is 7.42. The zero-order valence-corrected chi connectivity index (χ0v) is 9.57. The molecule has 0 aromatic rings. The molecular formula is C13H23NO. The van der Waals surface area contributed by atoms with Gasteiger partial charge in [-0.1, -0.05) is 12.2 Å². The molecule has 2 aliphatic rings. The normalized spacial score (nSPS) is 32.3. The summed E-state index contributed by atoms with van der Waals surface area (Å²) in [5.74, 6) is 0. The summed E-state index contributed by atoms with van der Waals surface area (Å²) < 4.78 is 0. The summed E-state index contributed by atoms with van der Waals surface area (Å²) >= 11 is 0. The van der Waals surface area contributed by atoms with Crippen molar-refractivity contribution in [1.82, 2.24) is 4.90 Å². The molecule has 0 spiro atoms. The fourth-order valence-corrected chi connectivity index (χ4v) is 3.00. The van der Waals surface area contributed by atoms with E-state index in [-0.39, 0.29) is 0 Å². The highest BCUT2D eigenvalue weighted by molar-refractivity contribution is 5.01. The maximum Gasteiger partial charge on any atom is 0.0431 e. The molecule has 1 heterocycles. The Labute approximate surface area is 93.0 Å². The average Bonchev–Trinajstić information content (AvgIpc) is 2.75. The monoisotopic (exact) mass is 209 g/mol. The number of aliphatic hydroxyl groups is 1. The Bertz CT molecular complexity index is 215. The molecule has 0 bridgehead atoms. The second-order valence-corrected chi connectivity index (χ2v) is 4.83. The summed E-state index contributed by atoms with van der Waals surface area (Å²) in [5.41, 5.74) is 0. The second-order valence-electron chi connectivity index (χ2n) is 4.83. The van der Waals surface area contributed by atoms with Crippen molar-refractivity contribution in [3.8, 4) is 0 Å². The van der Waals surface area contributed by atoms with E-state index in [1.807, 2.05) is 0 Å². The lowest BCUT2D eigenvalue weighted by Gasteiger charge is -2.32. The molecule has 0 aromatic heterocycles. The highest BCUT2D eigenvalue weighted by atomic mass is 16.2. The molecule has 2 heteroatoms. The Morgan fingerprint density at radius 2 is 2.20 bits per heavy atom. The maximum atomic E-state index is 8.89. The van der Waals surface area contributed by atoms with Crippen LogP contribution in [0.3, 0.4) is 0 Å². The Kier molecular flexibility index (Phi) is 4.21. The van der Waals surface area contributed by atoms with Crippen LogP contribution in [-0.4, -0.2) is 35.2 Å². The quantitative estimate of drug-likeness (QED) is 0.718. The number of allylic oxidation sites excluding steroid dienone is 1. The largest absolute Gasteiger partial charge is 0.396 e. The number of rotatable bonds is 4. The Morgan fingerprint density at radius 1 is 1.27 bits per heavy atom. The summed E-state index contributed by atoms with van der Waals surface area (Å²) in [5, 5.41) is 8.89. The number of likely N-dealkylation sites (tertiary alicyclic amines) is 1. The number of nitrogens with zero attached hydrogens (tertiary/aromatic N) is 1. The predicted octanol–water partition coefficient (Wildman–Crippen LogP) is 2.33. The minimum absolute atomic E-state index is 0.352. The van der Waals surface area contributed by atoms with Crippen LogP contribution in [0.5, 0.6) is 0 Å². The Morgan fingerprint density at radius 3 is 2.93 bits per heavy atom. The van der Waals surface area contributed by atoms with Crippen LogP contribution in [0.2, 0.25) is 0 Å². The van der Waals surface area contributed by atoms with Gasteiger partial charge in [-0.15, -0.1) is 0 Å². The summed E-state index contributed by atoms with van der Waals surface area (Å²) in [6.45, 7) is 1.62. The van der Waals surface area contributed by atoms with Crippen LogP contribution in [0.25, 0.3) is 0 Å². The van der Waals surface area contributed by atoms with Gasteiger partial charge in [0, 0.05) is 18.7 Å². The van der Waals surface area contributed by atoms with E-state index in [1.165, 1.54) is 45.1 Å². The van der Waals surface area contributed by atoms with E-state index in [1.54, 1.807) is 0 Å². The highest BCUT2D eigenvalue weighted by Gasteiger charge is 2.29. The lowest BCUT2D eigenvalue weighted by atomic mass is 9.99. The van der Waals surface area contributed by atoms with Crippen LogP contribution in [0.15, 0.2) is 12.2 Å². The van der Waals surface area contributed by atoms with E-state index in [4.69, 9.17) is 5.11 Å². The van der Waals surface area contributed by atoms with E-state index in [2.05, 4.69) is 17.1 Å². The summed E-state index contributed by atoms with van der Waals surface area (Å²) in [4.78, 5) is 2.67. The van der Waals surface area contributed by atoms with Gasteiger partial charge in [0.2, 0.25) is 0 Å². The smallest absolute Gasteiger partial charge is 0.0431 e. The summed E-state index contributed by atoms with van der Waals surface area (Å²) in [6, 6.07) is 1.44. The fourth-order valence-electron chi connectivity index (χ4n) is 3.00. The lowest BCUT2D eigenvalue weighted by molar-refractivity contribution is 0.176. The highest BCUT2D eigenvalue weighted by Crippen LogP contribution is 2.27. The predicted molar refractivity (Wildman–Crippen MR) is 62.8 cm³/mol. The fraction of sp³-hybridized carbons (Fsp3) is 0.846. The third-order valence-corrected chi connectivity index (χ3v) is 3.77. The number of hydrogen-bond donors (Lipinski definition) is 1. The van der Waals surface area contributed by atoms with Crippen LogP contribution in [0.4, 0.5) is 0 Å². The van der Waals surface area contributed by atoms with Crippen molar-refractivity contribution in [2.24, 2.45) is 0 Å². The van der Waals surface area contributed by atoms with Crippen LogP contribution in [-0.2, 0) is 0 Å². The van der Waals surface area contributed by atoms with Crippen LogP contribution in [0.1, 0.15) is 44.9 Å². The van der Waals surface area contributed by atoms with Crippen LogP contribution < -0.4 is 0 Å². The van der Waals surface area contributed by atoms with Gasteiger partial charge in [-0.05, 0) is 51.5 Å². The Balaban J connectivity index is 1.88. The van der Waals surface area contributed by atoms with Crippen molar-refractivity contribution < 1.29 is 5.11 Å². The molecule has 1 saturated heterocycles. The molecule has 0 unspecified atom stereocenters. The molecule has 86 valence electrons. The van der Waals surface area contributed by atoms with E-state index in [0.29, 0.717) is 12.6 Å². The number of hydrogen-bond acceptors (Lipinski definition) is 2. The molecule has 0 radical (unpaired) electrons. The molecule has 0 aromatic carbocycles. The van der Waals surface area contributed by atoms with Gasteiger partial charge >= 0.3 is 0 Å². The number of aliphatic hydroxyl groups excluding tert-OH is 1. The van der Waals surface area contributed by atoms with E-state index < -0.39 is 0 Å². The first-order valence-electron chi connectivity index (χ1n) is 6.45. The van der Waals surface area contributed by atoms with E-state index in [0.717, 1.165) is 12.5 Å². The standard InChI is InChI=1S/C13H23NO/c15-11-5-9-13-8-4-10-14(13)12-6-2-1-3-7-12/h2,6,12-13,15H,1,3-5,7-11H2/t12-,13+/m0/s1. The molecule has 0 amide bonds. The zero-order valence-electron chi connectivity index (χ0n) is 9.57. The molecule has 0 saturated carbocycles. The average molecular weight is 209 g/mol. The summed E-state index contributed by atoms with van der Waals surface area (Å²) in [6.07, 6.45) is 13.5. The molecule has 2 atom stereocenters.